The molecule has 1 aromatic heterocycles. The number of fused-ring (bicyclic) bond motifs is 1. The van der Waals surface area contributed by atoms with E-state index in [0.29, 0.717) is 16.6 Å². The molecule has 1 atom stereocenters. The van der Waals surface area contributed by atoms with Crippen LogP contribution in [0, 0.1) is 10.1 Å². The highest BCUT2D eigenvalue weighted by molar-refractivity contribution is 5.93. The molecule has 8 heteroatoms. The quantitative estimate of drug-likeness (QED) is 0.579. The Morgan fingerprint density at radius 2 is 2.17 bits per heavy atom. The van der Waals surface area contributed by atoms with E-state index in [1.165, 1.54) is 22.8 Å². The fourth-order valence-corrected chi connectivity index (χ4v) is 2.64. The summed E-state index contributed by atoms with van der Waals surface area (Å²) in [5, 5.41) is 14.9. The van der Waals surface area contributed by atoms with Crippen molar-refractivity contribution >= 4 is 22.3 Å². The number of hydrogen-bond acceptors (Lipinski definition) is 6. The van der Waals surface area contributed by atoms with Gasteiger partial charge in [0.25, 0.3) is 11.2 Å². The molecule has 3 N–H and O–H groups in total. The summed E-state index contributed by atoms with van der Waals surface area (Å²) < 4.78 is 1.48. The number of rotatable bonds is 4. The van der Waals surface area contributed by atoms with Gasteiger partial charge in [0.15, 0.2) is 0 Å². The van der Waals surface area contributed by atoms with Gasteiger partial charge in [-0.15, -0.1) is 0 Å². The molecule has 1 aliphatic rings. The normalized spacial score (nSPS) is 15.1. The van der Waals surface area contributed by atoms with E-state index in [2.05, 4.69) is 16.2 Å². The lowest BCUT2D eigenvalue weighted by Crippen LogP contribution is -2.32. The first kappa shape index (κ1) is 15.0. The number of nitro benzene ring substituents is 1. The van der Waals surface area contributed by atoms with Crippen LogP contribution < -0.4 is 21.7 Å². The second kappa shape index (κ2) is 5.73. The van der Waals surface area contributed by atoms with Crippen LogP contribution in [0.2, 0.25) is 0 Å². The van der Waals surface area contributed by atoms with Crippen molar-refractivity contribution in [3.05, 3.63) is 56.5 Å². The Morgan fingerprint density at radius 1 is 1.39 bits per heavy atom. The highest BCUT2D eigenvalue weighted by atomic mass is 16.6. The predicted octanol–water partition coefficient (Wildman–Crippen LogP) is 1.24. The molecule has 0 saturated heterocycles. The summed E-state index contributed by atoms with van der Waals surface area (Å²) in [5.74, 6) is 0. The van der Waals surface area contributed by atoms with Gasteiger partial charge >= 0.3 is 0 Å². The molecular weight excluding hydrogens is 298 g/mol. The van der Waals surface area contributed by atoms with Crippen LogP contribution in [0.3, 0.4) is 0 Å². The summed E-state index contributed by atoms with van der Waals surface area (Å²) in [7, 11) is 1.65. The number of nitro groups is 1. The SMILES string of the molecule is CC(Nc1cc(=O)n(C)c2ccc([N+](=O)[O-])cc12)C1=CCNN1. The number of nitrogens with zero attached hydrogens (tertiary/aromatic N) is 2. The van der Waals surface area contributed by atoms with E-state index in [-0.39, 0.29) is 17.3 Å². The van der Waals surface area contributed by atoms with Gasteiger partial charge in [0, 0.05) is 48.6 Å². The van der Waals surface area contributed by atoms with Gasteiger partial charge in [0.2, 0.25) is 0 Å². The number of pyridine rings is 1. The highest BCUT2D eigenvalue weighted by Crippen LogP contribution is 2.27. The largest absolute Gasteiger partial charge is 0.376 e. The number of aryl methyl sites for hydroxylation is 1. The van der Waals surface area contributed by atoms with Crippen LogP contribution in [0.4, 0.5) is 11.4 Å². The summed E-state index contributed by atoms with van der Waals surface area (Å²) in [4.78, 5) is 22.7. The van der Waals surface area contributed by atoms with Crippen molar-refractivity contribution in [1.82, 2.24) is 15.4 Å². The van der Waals surface area contributed by atoms with E-state index in [1.807, 2.05) is 13.0 Å². The van der Waals surface area contributed by atoms with Crippen LogP contribution in [0.15, 0.2) is 40.8 Å². The second-order valence-electron chi connectivity index (χ2n) is 5.45. The van der Waals surface area contributed by atoms with E-state index < -0.39 is 4.92 Å². The molecule has 0 fully saturated rings. The highest BCUT2D eigenvalue weighted by Gasteiger charge is 2.16. The summed E-state index contributed by atoms with van der Waals surface area (Å²) >= 11 is 0. The number of nitrogens with one attached hydrogen (secondary N) is 3. The zero-order chi connectivity index (χ0) is 16.6. The molecule has 0 bridgehead atoms. The van der Waals surface area contributed by atoms with Crippen LogP contribution in [0.1, 0.15) is 6.92 Å². The minimum atomic E-state index is -0.442. The molecule has 23 heavy (non-hydrogen) atoms. The van der Waals surface area contributed by atoms with Crippen LogP contribution >= 0.6 is 0 Å². The Labute approximate surface area is 131 Å². The van der Waals surface area contributed by atoms with Gasteiger partial charge in [-0.2, -0.15) is 0 Å². The molecule has 1 aromatic carbocycles. The summed E-state index contributed by atoms with van der Waals surface area (Å²) in [6.07, 6.45) is 2.00. The fourth-order valence-electron chi connectivity index (χ4n) is 2.64. The molecule has 0 aliphatic carbocycles. The van der Waals surface area contributed by atoms with Crippen LogP contribution in [-0.4, -0.2) is 22.1 Å². The Kier molecular flexibility index (Phi) is 3.75. The molecule has 3 rings (SSSR count). The third kappa shape index (κ3) is 2.76. The number of hydrogen-bond donors (Lipinski definition) is 3. The van der Waals surface area contributed by atoms with Crippen molar-refractivity contribution < 1.29 is 4.92 Å². The summed E-state index contributed by atoms with van der Waals surface area (Å²) in [6.45, 7) is 2.68. The maximum atomic E-state index is 12.1. The average Bonchev–Trinajstić information content (AvgIpc) is 3.06. The van der Waals surface area contributed by atoms with Crippen molar-refractivity contribution in [3.63, 3.8) is 0 Å². The average molecular weight is 315 g/mol. The van der Waals surface area contributed by atoms with E-state index in [9.17, 15) is 14.9 Å². The molecule has 8 nitrogen and oxygen atoms in total. The second-order valence-corrected chi connectivity index (χ2v) is 5.45. The number of anilines is 1. The van der Waals surface area contributed by atoms with E-state index in [0.717, 1.165) is 12.2 Å². The zero-order valence-electron chi connectivity index (χ0n) is 12.8. The van der Waals surface area contributed by atoms with Crippen molar-refractivity contribution in [2.24, 2.45) is 7.05 Å². The fraction of sp³-hybridized carbons (Fsp3) is 0.267. The Morgan fingerprint density at radius 3 is 2.83 bits per heavy atom. The first-order valence-corrected chi connectivity index (χ1v) is 7.21. The Hall–Kier alpha value is -2.87. The third-order valence-corrected chi connectivity index (χ3v) is 3.94. The minimum Gasteiger partial charge on any atom is -0.376 e. The van der Waals surface area contributed by atoms with Gasteiger partial charge in [0.05, 0.1) is 16.5 Å². The van der Waals surface area contributed by atoms with Crippen molar-refractivity contribution in [2.45, 2.75) is 13.0 Å². The number of aromatic nitrogens is 1. The molecule has 120 valence electrons. The third-order valence-electron chi connectivity index (χ3n) is 3.94. The molecular formula is C15H17N5O3. The van der Waals surface area contributed by atoms with Crippen LogP contribution in [0.25, 0.3) is 10.9 Å². The summed E-state index contributed by atoms with van der Waals surface area (Å²) in [5.41, 5.74) is 8.02. The Bertz CT molecular complexity index is 871. The van der Waals surface area contributed by atoms with Crippen molar-refractivity contribution in [3.8, 4) is 0 Å². The van der Waals surface area contributed by atoms with Gasteiger partial charge in [-0.3, -0.25) is 14.9 Å². The lowest BCUT2D eigenvalue weighted by molar-refractivity contribution is -0.384. The molecule has 0 spiro atoms. The molecule has 1 unspecified atom stereocenters. The number of benzene rings is 1. The molecule has 0 amide bonds. The van der Waals surface area contributed by atoms with E-state index in [4.69, 9.17) is 0 Å². The maximum Gasteiger partial charge on any atom is 0.270 e. The van der Waals surface area contributed by atoms with Gasteiger partial charge in [-0.1, -0.05) is 0 Å². The van der Waals surface area contributed by atoms with Gasteiger partial charge < -0.3 is 15.3 Å². The van der Waals surface area contributed by atoms with Gasteiger partial charge in [0.1, 0.15) is 0 Å². The van der Waals surface area contributed by atoms with E-state index >= 15 is 0 Å². The number of non-ortho nitro benzene ring substituents is 1. The lowest BCUT2D eigenvalue weighted by Gasteiger charge is -2.19. The zero-order valence-corrected chi connectivity index (χ0v) is 12.8. The lowest BCUT2D eigenvalue weighted by atomic mass is 10.1. The Balaban J connectivity index is 2.10. The minimum absolute atomic E-state index is 0.00766. The van der Waals surface area contributed by atoms with Gasteiger partial charge in [-0.25, -0.2) is 5.43 Å². The topological polar surface area (TPSA) is 101 Å². The smallest absolute Gasteiger partial charge is 0.270 e. The molecule has 2 aromatic rings. The maximum absolute atomic E-state index is 12.1. The van der Waals surface area contributed by atoms with E-state index in [1.54, 1.807) is 13.1 Å². The summed E-state index contributed by atoms with van der Waals surface area (Å²) in [6, 6.07) is 5.88. The standard InChI is InChI=1S/C15H17N5O3/c1-9(12-5-6-16-18-12)17-13-8-15(21)19(2)14-4-3-10(20(22)23)7-11(13)14/h3-5,7-9,16-18H,6H2,1-2H3. The van der Waals surface area contributed by atoms with Crippen LogP contribution in [-0.2, 0) is 7.05 Å². The van der Waals surface area contributed by atoms with Crippen LogP contribution in [0.5, 0.6) is 0 Å². The molecule has 0 saturated carbocycles. The van der Waals surface area contributed by atoms with Crippen molar-refractivity contribution in [1.29, 1.82) is 0 Å². The predicted molar refractivity (Wildman–Crippen MR) is 88.1 cm³/mol. The van der Waals surface area contributed by atoms with Gasteiger partial charge in [-0.05, 0) is 19.1 Å². The molecule has 0 radical (unpaired) electrons. The monoisotopic (exact) mass is 315 g/mol. The molecule has 1 aliphatic heterocycles. The number of hydrazine groups is 1. The first-order chi connectivity index (χ1) is 11.0. The first-order valence-electron chi connectivity index (χ1n) is 7.21. The molecule has 2 heterocycles. The van der Waals surface area contributed by atoms with Crippen molar-refractivity contribution in [2.75, 3.05) is 11.9 Å².